The van der Waals surface area contributed by atoms with Crippen molar-refractivity contribution in [2.24, 2.45) is 12.0 Å². The number of aromatic nitrogens is 4. The molecule has 0 aliphatic carbocycles. The molecule has 0 amide bonds. The van der Waals surface area contributed by atoms with Gasteiger partial charge in [0.05, 0.1) is 11.6 Å². The normalized spacial score (nSPS) is 11.1. The van der Waals surface area contributed by atoms with E-state index < -0.39 is 0 Å². The van der Waals surface area contributed by atoms with Gasteiger partial charge < -0.3 is 10.6 Å². The van der Waals surface area contributed by atoms with Gasteiger partial charge in [-0.3, -0.25) is 9.67 Å². The summed E-state index contributed by atoms with van der Waals surface area (Å²) in [5.74, 6) is 1.64. The molecule has 0 radical (unpaired) electrons. The van der Waals surface area contributed by atoms with Crippen molar-refractivity contribution in [2.75, 3.05) is 13.6 Å². The fourth-order valence-corrected chi connectivity index (χ4v) is 2.65. The fourth-order valence-electron chi connectivity index (χ4n) is 1.83. The molecule has 2 rings (SSSR count). The highest BCUT2D eigenvalue weighted by Gasteiger charge is 2.03. The van der Waals surface area contributed by atoms with Crippen molar-refractivity contribution < 1.29 is 0 Å². The van der Waals surface area contributed by atoms with E-state index in [1.165, 1.54) is 5.01 Å². The molecule has 0 saturated heterocycles. The van der Waals surface area contributed by atoms with E-state index in [4.69, 9.17) is 0 Å². The minimum atomic E-state index is 0. The molecule has 0 fully saturated rings. The lowest BCUT2D eigenvalue weighted by atomic mass is 10.3. The number of hydrogen-bond donors (Lipinski definition) is 2. The maximum absolute atomic E-state index is 4.45. The lowest BCUT2D eigenvalue weighted by molar-refractivity contribution is 0.668. The van der Waals surface area contributed by atoms with E-state index in [0.717, 1.165) is 36.9 Å². The van der Waals surface area contributed by atoms with E-state index in [9.17, 15) is 0 Å². The zero-order chi connectivity index (χ0) is 15.1. The zero-order valence-corrected chi connectivity index (χ0v) is 16.2. The van der Waals surface area contributed by atoms with Crippen LogP contribution in [-0.4, -0.2) is 39.3 Å². The molecular weight excluding hydrogens is 413 g/mol. The van der Waals surface area contributed by atoms with Crippen LogP contribution >= 0.6 is 35.3 Å². The third-order valence-corrected chi connectivity index (χ3v) is 4.00. The average Bonchev–Trinajstić information content (AvgIpc) is 3.07. The predicted octanol–water partition coefficient (Wildman–Crippen LogP) is 1.50. The number of aryl methyl sites for hydroxylation is 3. The Bertz CT molecular complexity index is 593. The quantitative estimate of drug-likeness (QED) is 0.311. The van der Waals surface area contributed by atoms with Crippen molar-refractivity contribution in [1.82, 2.24) is 30.4 Å². The first-order chi connectivity index (χ1) is 10.2. The van der Waals surface area contributed by atoms with Crippen molar-refractivity contribution in [1.29, 1.82) is 0 Å². The maximum atomic E-state index is 4.45. The van der Waals surface area contributed by atoms with Crippen molar-refractivity contribution in [3.05, 3.63) is 28.2 Å². The SMILES string of the molecule is CN=C(NCCCc1nc(C)cs1)NCc1ncnn1C.I. The van der Waals surface area contributed by atoms with Gasteiger partial charge in [-0.05, 0) is 13.3 Å². The molecule has 2 aromatic heterocycles. The van der Waals surface area contributed by atoms with Crippen LogP contribution in [0, 0.1) is 6.92 Å². The monoisotopic (exact) mass is 435 g/mol. The summed E-state index contributed by atoms with van der Waals surface area (Å²) < 4.78 is 1.74. The highest BCUT2D eigenvalue weighted by Crippen LogP contribution is 2.10. The standard InChI is InChI=1S/C13H21N7S.HI/c1-10-8-21-12(19-10)5-4-6-15-13(14-2)16-7-11-17-9-18-20(11)3;/h8-9H,4-7H2,1-3H3,(H2,14,15,16);1H. The van der Waals surface area contributed by atoms with Crippen LogP contribution in [0.3, 0.4) is 0 Å². The summed E-state index contributed by atoms with van der Waals surface area (Å²) in [6.45, 7) is 3.48. The van der Waals surface area contributed by atoms with Gasteiger partial charge in [-0.25, -0.2) is 9.97 Å². The molecule has 0 atom stereocenters. The van der Waals surface area contributed by atoms with Crippen LogP contribution in [0.4, 0.5) is 0 Å². The van der Waals surface area contributed by atoms with E-state index in [-0.39, 0.29) is 24.0 Å². The second-order valence-corrected chi connectivity index (χ2v) is 5.58. The maximum Gasteiger partial charge on any atom is 0.191 e. The highest BCUT2D eigenvalue weighted by atomic mass is 127. The van der Waals surface area contributed by atoms with Gasteiger partial charge in [0.1, 0.15) is 12.2 Å². The molecule has 2 heterocycles. The van der Waals surface area contributed by atoms with Gasteiger partial charge in [-0.1, -0.05) is 0 Å². The van der Waals surface area contributed by atoms with Crippen LogP contribution in [0.2, 0.25) is 0 Å². The van der Waals surface area contributed by atoms with Gasteiger partial charge >= 0.3 is 0 Å². The minimum Gasteiger partial charge on any atom is -0.356 e. The molecule has 2 aromatic rings. The molecule has 22 heavy (non-hydrogen) atoms. The van der Waals surface area contributed by atoms with E-state index in [1.807, 2.05) is 14.0 Å². The second kappa shape index (κ2) is 9.72. The fraction of sp³-hybridized carbons (Fsp3) is 0.538. The Hall–Kier alpha value is -1.23. The Morgan fingerprint density at radius 1 is 1.41 bits per heavy atom. The summed E-state index contributed by atoms with van der Waals surface area (Å²) in [6.07, 6.45) is 3.56. The number of aliphatic imine (C=N–C) groups is 1. The lowest BCUT2D eigenvalue weighted by Crippen LogP contribution is -2.38. The first-order valence-corrected chi connectivity index (χ1v) is 7.75. The third-order valence-electron chi connectivity index (χ3n) is 2.97. The lowest BCUT2D eigenvalue weighted by Gasteiger charge is -2.11. The first-order valence-electron chi connectivity index (χ1n) is 6.87. The van der Waals surface area contributed by atoms with Gasteiger partial charge in [0, 0.05) is 38.1 Å². The average molecular weight is 435 g/mol. The topological polar surface area (TPSA) is 80.0 Å². The molecular formula is C13H22IN7S. The molecule has 0 aliphatic heterocycles. The van der Waals surface area contributed by atoms with Crippen LogP contribution in [0.25, 0.3) is 0 Å². The molecule has 0 saturated carbocycles. The number of nitrogens with zero attached hydrogens (tertiary/aromatic N) is 5. The second-order valence-electron chi connectivity index (χ2n) is 4.64. The third kappa shape index (κ3) is 5.87. The van der Waals surface area contributed by atoms with Gasteiger partial charge in [0.15, 0.2) is 5.96 Å². The Balaban J connectivity index is 0.00000242. The molecule has 2 N–H and O–H groups in total. The summed E-state index contributed by atoms with van der Waals surface area (Å²) in [5, 5.41) is 13.8. The van der Waals surface area contributed by atoms with Crippen molar-refractivity contribution in [2.45, 2.75) is 26.3 Å². The summed E-state index contributed by atoms with van der Waals surface area (Å²) in [4.78, 5) is 12.8. The summed E-state index contributed by atoms with van der Waals surface area (Å²) in [5.41, 5.74) is 1.10. The molecule has 0 aromatic carbocycles. The predicted molar refractivity (Wildman–Crippen MR) is 99.8 cm³/mol. The zero-order valence-electron chi connectivity index (χ0n) is 13.0. The van der Waals surface area contributed by atoms with Crippen LogP contribution in [0.15, 0.2) is 16.7 Å². The summed E-state index contributed by atoms with van der Waals surface area (Å²) in [6, 6.07) is 0. The molecule has 0 bridgehead atoms. The van der Waals surface area contributed by atoms with Gasteiger partial charge in [0.2, 0.25) is 0 Å². The van der Waals surface area contributed by atoms with Gasteiger partial charge in [0.25, 0.3) is 0 Å². The van der Waals surface area contributed by atoms with Crippen LogP contribution in [0.5, 0.6) is 0 Å². The molecule has 7 nitrogen and oxygen atoms in total. The molecule has 0 aliphatic rings. The smallest absolute Gasteiger partial charge is 0.191 e. The number of nitrogens with one attached hydrogen (secondary N) is 2. The Kier molecular flexibility index (Phi) is 8.31. The van der Waals surface area contributed by atoms with Crippen molar-refractivity contribution in [3.8, 4) is 0 Å². The summed E-state index contributed by atoms with van der Waals surface area (Å²) >= 11 is 1.72. The summed E-state index contributed by atoms with van der Waals surface area (Å²) in [7, 11) is 3.63. The number of rotatable bonds is 6. The Morgan fingerprint density at radius 3 is 2.82 bits per heavy atom. The largest absolute Gasteiger partial charge is 0.356 e. The number of halogens is 1. The van der Waals surface area contributed by atoms with E-state index in [1.54, 1.807) is 29.4 Å². The van der Waals surface area contributed by atoms with Crippen molar-refractivity contribution >= 4 is 41.3 Å². The van der Waals surface area contributed by atoms with Crippen LogP contribution in [-0.2, 0) is 20.0 Å². The van der Waals surface area contributed by atoms with Gasteiger partial charge in [-0.2, -0.15) is 5.10 Å². The molecule has 0 unspecified atom stereocenters. The van der Waals surface area contributed by atoms with Crippen LogP contribution < -0.4 is 10.6 Å². The molecule has 0 spiro atoms. The van der Waals surface area contributed by atoms with Gasteiger partial charge in [-0.15, -0.1) is 35.3 Å². The highest BCUT2D eigenvalue weighted by molar-refractivity contribution is 14.0. The van der Waals surface area contributed by atoms with E-state index in [2.05, 4.69) is 36.1 Å². The van der Waals surface area contributed by atoms with E-state index in [0.29, 0.717) is 6.54 Å². The number of guanidine groups is 1. The molecule has 9 heteroatoms. The number of hydrogen-bond acceptors (Lipinski definition) is 5. The minimum absolute atomic E-state index is 0. The van der Waals surface area contributed by atoms with Crippen LogP contribution in [0.1, 0.15) is 22.9 Å². The molecule has 122 valence electrons. The Morgan fingerprint density at radius 2 is 2.23 bits per heavy atom. The Labute approximate surface area is 151 Å². The first kappa shape index (κ1) is 18.8. The van der Waals surface area contributed by atoms with E-state index >= 15 is 0 Å². The van der Waals surface area contributed by atoms with Crippen molar-refractivity contribution in [3.63, 3.8) is 0 Å². The number of thiazole rings is 1.